The van der Waals surface area contributed by atoms with Crippen molar-refractivity contribution >= 4 is 31.5 Å². The Kier molecular flexibility index (Phi) is 2.88. The number of fused-ring (bicyclic) bond motifs is 2. The molecule has 0 atom stereocenters. The smallest absolute Gasteiger partial charge is 0.207 e. The molecule has 1 heterocycles. The summed E-state index contributed by atoms with van der Waals surface area (Å²) in [5.74, 6) is 0. The first-order valence-electron chi connectivity index (χ1n) is 5.37. The van der Waals surface area contributed by atoms with E-state index in [-0.39, 0.29) is 4.90 Å². The van der Waals surface area contributed by atoms with E-state index in [0.29, 0.717) is 0 Å². The van der Waals surface area contributed by atoms with Crippen LogP contribution in [-0.4, -0.2) is 8.42 Å². The van der Waals surface area contributed by atoms with E-state index < -0.39 is 9.05 Å². The Morgan fingerprint density at radius 1 is 1.00 bits per heavy atom. The Balaban J connectivity index is 2.09. The first-order chi connectivity index (χ1) is 8.54. The van der Waals surface area contributed by atoms with Crippen LogP contribution in [0.1, 0.15) is 11.1 Å². The largest absolute Gasteiger partial charge is 0.261 e. The molecule has 2 aromatic rings. The number of hydrogen-bond donors (Lipinski definition) is 0. The molecule has 0 spiro atoms. The van der Waals surface area contributed by atoms with Gasteiger partial charge in [-0.2, -0.15) is 0 Å². The van der Waals surface area contributed by atoms with Gasteiger partial charge in [0, 0.05) is 20.5 Å². The highest BCUT2D eigenvalue weighted by Crippen LogP contribution is 2.40. The maximum absolute atomic E-state index is 11.3. The molecule has 0 saturated heterocycles. The lowest BCUT2D eigenvalue weighted by Crippen LogP contribution is -2.01. The van der Waals surface area contributed by atoms with Crippen molar-refractivity contribution in [3.8, 4) is 0 Å². The third-order valence-corrected chi connectivity index (χ3v) is 5.47. The van der Waals surface area contributed by atoms with E-state index in [4.69, 9.17) is 10.7 Å². The van der Waals surface area contributed by atoms with Gasteiger partial charge < -0.3 is 0 Å². The number of hydrogen-bond acceptors (Lipinski definition) is 3. The summed E-state index contributed by atoms with van der Waals surface area (Å²) in [5, 5.41) is 0. The third kappa shape index (κ3) is 2.16. The second kappa shape index (κ2) is 4.30. The Labute approximate surface area is 114 Å². The van der Waals surface area contributed by atoms with Gasteiger partial charge in [0.25, 0.3) is 9.05 Å². The van der Waals surface area contributed by atoms with Gasteiger partial charge in [-0.25, -0.2) is 8.42 Å². The quantitative estimate of drug-likeness (QED) is 0.643. The van der Waals surface area contributed by atoms with Crippen LogP contribution in [0.2, 0.25) is 0 Å². The van der Waals surface area contributed by atoms with Crippen molar-refractivity contribution in [2.75, 3.05) is 0 Å². The highest BCUT2D eigenvalue weighted by Gasteiger charge is 2.18. The van der Waals surface area contributed by atoms with Crippen molar-refractivity contribution < 1.29 is 8.42 Å². The molecule has 92 valence electrons. The van der Waals surface area contributed by atoms with E-state index in [9.17, 15) is 8.42 Å². The van der Waals surface area contributed by atoms with Crippen LogP contribution in [0.15, 0.2) is 57.2 Å². The van der Waals surface area contributed by atoms with E-state index in [1.165, 1.54) is 10.5 Å². The van der Waals surface area contributed by atoms with Crippen molar-refractivity contribution in [1.29, 1.82) is 0 Å². The van der Waals surface area contributed by atoms with E-state index in [1.807, 2.05) is 18.2 Å². The van der Waals surface area contributed by atoms with Crippen LogP contribution in [0.5, 0.6) is 0 Å². The lowest BCUT2D eigenvalue weighted by atomic mass is 10.0. The van der Waals surface area contributed by atoms with Crippen molar-refractivity contribution in [2.24, 2.45) is 0 Å². The summed E-state index contributed by atoms with van der Waals surface area (Å²) in [6, 6.07) is 13.2. The maximum atomic E-state index is 11.3. The number of halogens is 1. The van der Waals surface area contributed by atoms with Gasteiger partial charge in [0.15, 0.2) is 0 Å². The lowest BCUT2D eigenvalue weighted by molar-refractivity contribution is 0.609. The fraction of sp³-hybridized carbons (Fsp3) is 0.0769. The Hall–Kier alpha value is -0.970. The molecule has 3 rings (SSSR count). The molecule has 18 heavy (non-hydrogen) atoms. The summed E-state index contributed by atoms with van der Waals surface area (Å²) < 4.78 is 22.6. The molecule has 1 aliphatic rings. The van der Waals surface area contributed by atoms with Crippen LogP contribution in [0.4, 0.5) is 0 Å². The highest BCUT2D eigenvalue weighted by molar-refractivity contribution is 8.13. The first kappa shape index (κ1) is 12.1. The third-order valence-electron chi connectivity index (χ3n) is 2.89. The molecule has 0 N–H and O–H groups in total. The fourth-order valence-corrected chi connectivity index (χ4v) is 3.87. The molecule has 0 aliphatic carbocycles. The Bertz CT molecular complexity index is 724. The summed E-state index contributed by atoms with van der Waals surface area (Å²) >= 11 is 1.66. The molecule has 0 bridgehead atoms. The van der Waals surface area contributed by atoms with Crippen molar-refractivity contribution in [3.63, 3.8) is 0 Å². The number of rotatable bonds is 1. The average molecular weight is 297 g/mol. The van der Waals surface area contributed by atoms with Gasteiger partial charge in [-0.1, -0.05) is 30.0 Å². The minimum atomic E-state index is -3.65. The zero-order valence-corrected chi connectivity index (χ0v) is 11.6. The predicted molar refractivity (Wildman–Crippen MR) is 72.9 cm³/mol. The second-order valence-electron chi connectivity index (χ2n) is 4.09. The summed E-state index contributed by atoms with van der Waals surface area (Å²) in [7, 11) is 1.72. The SMILES string of the molecule is O=S(=O)(Cl)c1ccc2c(c1)Cc1ccccc1S2. The van der Waals surface area contributed by atoms with Gasteiger partial charge in [-0.05, 0) is 41.8 Å². The molecule has 0 saturated carbocycles. The molecule has 2 nitrogen and oxygen atoms in total. The van der Waals surface area contributed by atoms with Gasteiger partial charge in [-0.3, -0.25) is 0 Å². The zero-order chi connectivity index (χ0) is 12.8. The molecule has 1 aliphatic heterocycles. The van der Waals surface area contributed by atoms with Crippen LogP contribution in [0.3, 0.4) is 0 Å². The standard InChI is InChI=1S/C13H9ClO2S2/c14-18(15,16)11-5-6-13-10(8-11)7-9-3-1-2-4-12(9)17-13/h1-6,8H,7H2. The van der Waals surface area contributed by atoms with Crippen LogP contribution in [0.25, 0.3) is 0 Å². The summed E-state index contributed by atoms with van der Waals surface area (Å²) in [6.45, 7) is 0. The predicted octanol–water partition coefficient (Wildman–Crippen LogP) is 3.67. The second-order valence-corrected chi connectivity index (χ2v) is 7.74. The van der Waals surface area contributed by atoms with E-state index in [0.717, 1.165) is 16.9 Å². The average Bonchev–Trinajstić information content (AvgIpc) is 2.34. The van der Waals surface area contributed by atoms with Crippen LogP contribution < -0.4 is 0 Å². The van der Waals surface area contributed by atoms with Crippen molar-refractivity contribution in [2.45, 2.75) is 21.1 Å². The summed E-state index contributed by atoms with van der Waals surface area (Å²) in [5.41, 5.74) is 2.24. The summed E-state index contributed by atoms with van der Waals surface area (Å²) in [6.07, 6.45) is 0.749. The van der Waals surface area contributed by atoms with Gasteiger partial charge in [0.1, 0.15) is 0 Å². The minimum Gasteiger partial charge on any atom is -0.207 e. The molecule has 5 heteroatoms. The van der Waals surface area contributed by atoms with Crippen LogP contribution in [0, 0.1) is 0 Å². The van der Waals surface area contributed by atoms with Crippen LogP contribution >= 0.6 is 22.4 Å². The Morgan fingerprint density at radius 2 is 1.72 bits per heavy atom. The monoisotopic (exact) mass is 296 g/mol. The minimum absolute atomic E-state index is 0.169. The molecule has 2 aromatic carbocycles. The lowest BCUT2D eigenvalue weighted by Gasteiger charge is -2.18. The summed E-state index contributed by atoms with van der Waals surface area (Å²) in [4.78, 5) is 2.49. The fourth-order valence-electron chi connectivity index (χ4n) is 2.02. The molecule has 0 unspecified atom stereocenters. The van der Waals surface area contributed by atoms with Crippen LogP contribution in [-0.2, 0) is 15.5 Å². The zero-order valence-electron chi connectivity index (χ0n) is 9.26. The highest BCUT2D eigenvalue weighted by atomic mass is 35.7. The molecular formula is C13H9ClO2S2. The molecular weight excluding hydrogens is 288 g/mol. The number of benzene rings is 2. The van der Waals surface area contributed by atoms with E-state index in [1.54, 1.807) is 23.9 Å². The molecule has 0 radical (unpaired) electrons. The van der Waals surface area contributed by atoms with Gasteiger partial charge >= 0.3 is 0 Å². The van der Waals surface area contributed by atoms with Gasteiger partial charge in [-0.15, -0.1) is 0 Å². The van der Waals surface area contributed by atoms with E-state index in [2.05, 4.69) is 12.1 Å². The molecule has 0 amide bonds. The normalized spacial score (nSPS) is 13.8. The van der Waals surface area contributed by atoms with Crippen molar-refractivity contribution in [3.05, 3.63) is 53.6 Å². The van der Waals surface area contributed by atoms with Crippen molar-refractivity contribution in [1.82, 2.24) is 0 Å². The molecule has 0 fully saturated rings. The van der Waals surface area contributed by atoms with E-state index >= 15 is 0 Å². The first-order valence-corrected chi connectivity index (χ1v) is 8.50. The molecule has 0 aromatic heterocycles. The Morgan fingerprint density at radius 3 is 2.50 bits per heavy atom. The topological polar surface area (TPSA) is 34.1 Å². The van der Waals surface area contributed by atoms with Gasteiger partial charge in [0.05, 0.1) is 4.90 Å². The maximum Gasteiger partial charge on any atom is 0.261 e. The van der Waals surface area contributed by atoms with Gasteiger partial charge in [0.2, 0.25) is 0 Å².